The van der Waals surface area contributed by atoms with Crippen LogP contribution in [0, 0.1) is 0 Å². The van der Waals surface area contributed by atoms with Gasteiger partial charge in [0.05, 0.1) is 13.2 Å². The lowest BCUT2D eigenvalue weighted by Gasteiger charge is -2.12. The molecular formula is C12H18O7. The van der Waals surface area contributed by atoms with Gasteiger partial charge in [0.25, 0.3) is 0 Å². The van der Waals surface area contributed by atoms with Crippen molar-refractivity contribution in [2.24, 2.45) is 0 Å². The zero-order chi connectivity index (χ0) is 14.7. The monoisotopic (exact) mass is 274 g/mol. The van der Waals surface area contributed by atoms with Crippen LogP contribution in [0.2, 0.25) is 0 Å². The van der Waals surface area contributed by atoms with Gasteiger partial charge in [0, 0.05) is 0 Å². The summed E-state index contributed by atoms with van der Waals surface area (Å²) in [4.78, 5) is 22.2. The predicted octanol–water partition coefficient (Wildman–Crippen LogP) is -0.817. The molecule has 7 nitrogen and oxygen atoms in total. The molecule has 2 unspecified atom stereocenters. The van der Waals surface area contributed by atoms with Crippen molar-refractivity contribution in [3.63, 3.8) is 0 Å². The van der Waals surface area contributed by atoms with Gasteiger partial charge in [0.1, 0.15) is 13.2 Å². The molecule has 0 saturated carbocycles. The summed E-state index contributed by atoms with van der Waals surface area (Å²) in [6.07, 6.45) is -0.275. The molecule has 7 heteroatoms. The normalized spacial score (nSPS) is 13.2. The molecule has 0 amide bonds. The number of carbonyl (C=O) groups excluding carboxylic acids is 2. The maximum Gasteiger partial charge on any atom is 0.337 e. The van der Waals surface area contributed by atoms with Gasteiger partial charge >= 0.3 is 11.9 Å². The summed E-state index contributed by atoms with van der Waals surface area (Å²) in [6.45, 7) is 5.83. The van der Waals surface area contributed by atoms with Crippen LogP contribution in [0.4, 0.5) is 0 Å². The average molecular weight is 274 g/mol. The van der Waals surface area contributed by atoms with E-state index in [2.05, 4.69) is 22.6 Å². The summed E-state index contributed by atoms with van der Waals surface area (Å²) < 4.78 is 13.9. The lowest BCUT2D eigenvalue weighted by atomic mass is 10.3. The minimum absolute atomic E-state index is 0.0214. The largest absolute Gasteiger partial charge is 0.459 e. The fraction of sp³-hybridized carbons (Fsp3) is 0.500. The second kappa shape index (κ2) is 10.2. The van der Waals surface area contributed by atoms with Crippen molar-refractivity contribution < 1.29 is 34.0 Å². The van der Waals surface area contributed by atoms with Gasteiger partial charge in [-0.2, -0.15) is 0 Å². The van der Waals surface area contributed by atoms with E-state index in [1.807, 2.05) is 0 Å². The second-order valence-corrected chi connectivity index (χ2v) is 3.41. The van der Waals surface area contributed by atoms with E-state index in [1.54, 1.807) is 0 Å². The van der Waals surface area contributed by atoms with Gasteiger partial charge in [-0.1, -0.05) is 25.3 Å². The van der Waals surface area contributed by atoms with E-state index in [-0.39, 0.29) is 13.2 Å². The molecule has 0 aliphatic heterocycles. The third-order valence-electron chi connectivity index (χ3n) is 1.78. The molecule has 0 aromatic rings. The summed E-state index contributed by atoms with van der Waals surface area (Å²) in [6, 6.07) is 0. The van der Waals surface area contributed by atoms with Gasteiger partial charge in [0.2, 0.25) is 0 Å². The number of hydrogen-bond acceptors (Lipinski definition) is 7. The van der Waals surface area contributed by atoms with Gasteiger partial charge in [-0.3, -0.25) is 0 Å². The molecule has 108 valence electrons. The fourth-order valence-electron chi connectivity index (χ4n) is 0.902. The van der Waals surface area contributed by atoms with Crippen LogP contribution in [-0.2, 0) is 23.8 Å². The Bertz CT molecular complexity index is 283. The van der Waals surface area contributed by atoms with Crippen molar-refractivity contribution in [3.8, 4) is 0 Å². The molecule has 0 aliphatic carbocycles. The molecular weight excluding hydrogens is 256 g/mol. The van der Waals surface area contributed by atoms with Crippen LogP contribution in [0.1, 0.15) is 0 Å². The van der Waals surface area contributed by atoms with E-state index in [0.29, 0.717) is 0 Å². The van der Waals surface area contributed by atoms with Gasteiger partial charge < -0.3 is 24.4 Å². The Labute approximate surface area is 111 Å². The zero-order valence-electron chi connectivity index (χ0n) is 10.5. The van der Waals surface area contributed by atoms with E-state index < -0.39 is 37.4 Å². The highest BCUT2D eigenvalue weighted by Gasteiger charge is 2.20. The smallest absolute Gasteiger partial charge is 0.337 e. The second-order valence-electron chi connectivity index (χ2n) is 3.41. The minimum Gasteiger partial charge on any atom is -0.459 e. The maximum absolute atomic E-state index is 11.1. The topological polar surface area (TPSA) is 102 Å². The third kappa shape index (κ3) is 8.09. The van der Waals surface area contributed by atoms with Crippen molar-refractivity contribution in [2.45, 2.75) is 12.2 Å². The summed E-state index contributed by atoms with van der Waals surface area (Å²) >= 11 is 0. The fourth-order valence-corrected chi connectivity index (χ4v) is 0.902. The van der Waals surface area contributed by atoms with Crippen molar-refractivity contribution in [1.82, 2.24) is 0 Å². The quantitative estimate of drug-likeness (QED) is 0.396. The molecule has 0 spiro atoms. The molecule has 0 aliphatic rings. The third-order valence-corrected chi connectivity index (χ3v) is 1.78. The molecule has 0 rings (SSSR count). The number of carbonyl (C=O) groups is 2. The number of esters is 2. The van der Waals surface area contributed by atoms with Gasteiger partial charge in [-0.15, -0.1) is 0 Å². The van der Waals surface area contributed by atoms with Gasteiger partial charge in [-0.25, -0.2) is 9.59 Å². The Morgan fingerprint density at radius 2 is 1.32 bits per heavy atom. The molecule has 0 fully saturated rings. The lowest BCUT2D eigenvalue weighted by molar-refractivity contribution is -0.160. The highest BCUT2D eigenvalue weighted by Crippen LogP contribution is 1.95. The SMILES string of the molecule is C=CCOC(=O)C(O)COCC(O)C(=O)OCC=C. The number of aliphatic hydroxyl groups is 2. The Hall–Kier alpha value is -1.70. The molecule has 2 atom stereocenters. The highest BCUT2D eigenvalue weighted by atomic mass is 16.6. The molecule has 0 radical (unpaired) electrons. The van der Waals surface area contributed by atoms with Crippen LogP contribution in [0.5, 0.6) is 0 Å². The van der Waals surface area contributed by atoms with E-state index in [0.717, 1.165) is 0 Å². The molecule has 2 N–H and O–H groups in total. The first kappa shape index (κ1) is 17.3. The average Bonchev–Trinajstić information content (AvgIpc) is 2.41. The number of rotatable bonds is 10. The maximum atomic E-state index is 11.1. The Morgan fingerprint density at radius 3 is 1.63 bits per heavy atom. The van der Waals surface area contributed by atoms with Crippen molar-refractivity contribution in [1.29, 1.82) is 0 Å². The van der Waals surface area contributed by atoms with Crippen molar-refractivity contribution in [2.75, 3.05) is 26.4 Å². The van der Waals surface area contributed by atoms with E-state index in [4.69, 9.17) is 4.74 Å². The predicted molar refractivity (Wildman–Crippen MR) is 65.1 cm³/mol. The van der Waals surface area contributed by atoms with Crippen LogP contribution in [0.25, 0.3) is 0 Å². The molecule has 0 aromatic heterocycles. The van der Waals surface area contributed by atoms with E-state index in [9.17, 15) is 19.8 Å². The molecule has 0 aromatic carbocycles. The summed E-state index contributed by atoms with van der Waals surface area (Å²) in [7, 11) is 0. The van der Waals surface area contributed by atoms with E-state index >= 15 is 0 Å². The first-order valence-corrected chi connectivity index (χ1v) is 5.51. The summed E-state index contributed by atoms with van der Waals surface area (Å²) in [5, 5.41) is 18.6. The van der Waals surface area contributed by atoms with Crippen molar-refractivity contribution >= 4 is 11.9 Å². The lowest BCUT2D eigenvalue weighted by Crippen LogP contribution is -2.33. The first-order valence-electron chi connectivity index (χ1n) is 5.51. The first-order chi connectivity index (χ1) is 9.02. The standard InChI is InChI=1S/C12H18O7/c1-3-5-18-11(15)9(13)7-17-8-10(14)12(16)19-6-4-2/h3-4,9-10,13-14H,1-2,5-8H2. The van der Waals surface area contributed by atoms with Gasteiger partial charge in [-0.05, 0) is 0 Å². The summed E-state index contributed by atoms with van der Waals surface area (Å²) in [5.41, 5.74) is 0. The molecule has 0 heterocycles. The molecule has 19 heavy (non-hydrogen) atoms. The van der Waals surface area contributed by atoms with Crippen LogP contribution in [-0.4, -0.2) is 60.8 Å². The van der Waals surface area contributed by atoms with Gasteiger partial charge in [0.15, 0.2) is 12.2 Å². The Morgan fingerprint density at radius 1 is 0.947 bits per heavy atom. The molecule has 0 saturated heterocycles. The summed E-state index contributed by atoms with van der Waals surface area (Å²) in [5.74, 6) is -1.74. The van der Waals surface area contributed by atoms with Crippen LogP contribution in [0.15, 0.2) is 25.3 Å². The molecule has 0 bridgehead atoms. The highest BCUT2D eigenvalue weighted by molar-refractivity contribution is 5.75. The number of ether oxygens (including phenoxy) is 3. The Balaban J connectivity index is 3.82. The number of hydrogen-bond donors (Lipinski definition) is 2. The van der Waals surface area contributed by atoms with Crippen LogP contribution < -0.4 is 0 Å². The minimum atomic E-state index is -1.49. The van der Waals surface area contributed by atoms with Crippen LogP contribution in [0.3, 0.4) is 0 Å². The van der Waals surface area contributed by atoms with Crippen molar-refractivity contribution in [3.05, 3.63) is 25.3 Å². The Kier molecular flexibility index (Phi) is 9.33. The zero-order valence-corrected chi connectivity index (χ0v) is 10.5. The van der Waals surface area contributed by atoms with E-state index in [1.165, 1.54) is 12.2 Å². The number of aliphatic hydroxyl groups excluding tert-OH is 2. The van der Waals surface area contributed by atoms with Crippen LogP contribution >= 0.6 is 0 Å².